The molecule has 1 unspecified atom stereocenters. The highest BCUT2D eigenvalue weighted by Gasteiger charge is 2.18. The quantitative estimate of drug-likeness (QED) is 0.363. The number of carbonyl (C=O) groups is 1. The van der Waals surface area contributed by atoms with Crippen molar-refractivity contribution in [1.82, 2.24) is 4.90 Å². The molecule has 0 amide bonds. The van der Waals surface area contributed by atoms with E-state index in [1.54, 1.807) is 66.5 Å². The Morgan fingerprint density at radius 1 is 1.03 bits per heavy atom. The van der Waals surface area contributed by atoms with Crippen LogP contribution in [0.1, 0.15) is 18.1 Å². The summed E-state index contributed by atoms with van der Waals surface area (Å²) in [5.41, 5.74) is 0.757. The summed E-state index contributed by atoms with van der Waals surface area (Å²) in [6.45, 7) is 0.372. The molecule has 1 atom stereocenters. The van der Waals surface area contributed by atoms with Gasteiger partial charge in [0.2, 0.25) is 0 Å². The number of ether oxygens (including phenoxy) is 2. The van der Waals surface area contributed by atoms with E-state index in [0.717, 1.165) is 5.56 Å². The first-order valence-electron chi connectivity index (χ1n) is 9.85. The van der Waals surface area contributed by atoms with Crippen LogP contribution in [-0.4, -0.2) is 36.1 Å². The Hall–Kier alpha value is -2.80. The van der Waals surface area contributed by atoms with Crippen LogP contribution in [0.4, 0.5) is 4.39 Å². The second-order valence-corrected chi connectivity index (χ2v) is 8.07. The van der Waals surface area contributed by atoms with Crippen molar-refractivity contribution in [1.29, 1.82) is 0 Å². The lowest BCUT2D eigenvalue weighted by Gasteiger charge is -2.23. The zero-order valence-corrected chi connectivity index (χ0v) is 18.8. The van der Waals surface area contributed by atoms with Crippen molar-refractivity contribution >= 4 is 29.2 Å². The van der Waals surface area contributed by atoms with Crippen LogP contribution in [0.25, 0.3) is 0 Å². The molecule has 0 saturated carbocycles. The van der Waals surface area contributed by atoms with Crippen LogP contribution in [0.15, 0.2) is 66.7 Å². The molecule has 0 bridgehead atoms. The fourth-order valence-electron chi connectivity index (χ4n) is 3.05. The number of nitrogens with zero attached hydrogens (tertiary/aromatic N) is 1. The molecule has 0 spiro atoms. The molecule has 3 rings (SSSR count). The number of halogens is 3. The second-order valence-electron chi connectivity index (χ2n) is 7.23. The molecule has 0 aromatic heterocycles. The number of hydrogen-bond acceptors (Lipinski definition) is 4. The van der Waals surface area contributed by atoms with E-state index in [9.17, 15) is 9.18 Å². The molecule has 1 N–H and O–H groups in total. The monoisotopic (exact) mass is 477 g/mol. The van der Waals surface area contributed by atoms with Gasteiger partial charge >= 0.3 is 5.97 Å². The Morgan fingerprint density at radius 3 is 2.31 bits per heavy atom. The molecule has 8 heteroatoms. The summed E-state index contributed by atoms with van der Waals surface area (Å²) in [6, 6.07) is 18.0. The van der Waals surface area contributed by atoms with Gasteiger partial charge < -0.3 is 14.6 Å². The second kappa shape index (κ2) is 11.2. The van der Waals surface area contributed by atoms with Crippen molar-refractivity contribution in [3.63, 3.8) is 0 Å². The fraction of sp³-hybridized carbons (Fsp3) is 0.208. The van der Waals surface area contributed by atoms with Crippen molar-refractivity contribution in [2.24, 2.45) is 0 Å². The highest BCUT2D eigenvalue weighted by molar-refractivity contribution is 6.32. The number of benzene rings is 3. The van der Waals surface area contributed by atoms with Crippen molar-refractivity contribution < 1.29 is 23.8 Å². The van der Waals surface area contributed by atoms with Crippen LogP contribution in [0, 0.1) is 5.82 Å². The van der Waals surface area contributed by atoms with E-state index in [2.05, 4.69) is 0 Å². The summed E-state index contributed by atoms with van der Waals surface area (Å²) in [4.78, 5) is 12.6. The Kier molecular flexibility index (Phi) is 8.33. The lowest BCUT2D eigenvalue weighted by Crippen LogP contribution is -2.28. The number of hydrogen-bond donors (Lipinski definition) is 1. The Bertz CT molecular complexity index is 1040. The third-order valence-electron chi connectivity index (χ3n) is 4.64. The van der Waals surface area contributed by atoms with E-state index in [1.807, 2.05) is 0 Å². The molecule has 0 radical (unpaired) electrons. The van der Waals surface area contributed by atoms with E-state index >= 15 is 0 Å². The van der Waals surface area contributed by atoms with Gasteiger partial charge in [0.1, 0.15) is 29.2 Å². The average Bonchev–Trinajstić information content (AvgIpc) is 2.74. The Labute approximate surface area is 195 Å². The zero-order valence-electron chi connectivity index (χ0n) is 17.3. The first kappa shape index (κ1) is 23.9. The minimum absolute atomic E-state index is 0.0897. The van der Waals surface area contributed by atoms with Gasteiger partial charge in [0.15, 0.2) is 0 Å². The highest BCUT2D eigenvalue weighted by Crippen LogP contribution is 2.35. The van der Waals surface area contributed by atoms with Gasteiger partial charge in [-0.2, -0.15) is 0 Å². The van der Waals surface area contributed by atoms with Gasteiger partial charge in [0, 0.05) is 24.1 Å². The van der Waals surface area contributed by atoms with Crippen LogP contribution in [-0.2, 0) is 4.79 Å². The minimum Gasteiger partial charge on any atom is -0.484 e. The number of likely N-dealkylation sites (N-methyl/N-ethyl adjacent to an activating group) is 1. The Morgan fingerprint density at radius 2 is 1.69 bits per heavy atom. The van der Waals surface area contributed by atoms with Crippen molar-refractivity contribution in [3.8, 4) is 17.2 Å². The summed E-state index contributed by atoms with van der Waals surface area (Å²) in [5, 5.41) is 9.92. The van der Waals surface area contributed by atoms with Gasteiger partial charge in [-0.15, -0.1) is 0 Å². The number of aliphatic carboxylic acids is 1. The van der Waals surface area contributed by atoms with Gasteiger partial charge in [-0.3, -0.25) is 9.69 Å². The third-order valence-corrected chi connectivity index (χ3v) is 5.19. The maximum absolute atomic E-state index is 13.4. The molecule has 0 heterocycles. The van der Waals surface area contributed by atoms with E-state index < -0.39 is 12.1 Å². The predicted octanol–water partition coefficient (Wildman–Crippen LogP) is 6.45. The van der Waals surface area contributed by atoms with E-state index in [1.165, 1.54) is 12.1 Å². The van der Waals surface area contributed by atoms with Gasteiger partial charge in [0.25, 0.3) is 0 Å². The van der Waals surface area contributed by atoms with Gasteiger partial charge in [-0.25, -0.2) is 4.39 Å². The maximum atomic E-state index is 13.4. The Balaban J connectivity index is 1.74. The average molecular weight is 478 g/mol. The lowest BCUT2D eigenvalue weighted by molar-refractivity contribution is -0.138. The van der Waals surface area contributed by atoms with E-state index in [4.69, 9.17) is 37.8 Å². The molecule has 0 fully saturated rings. The van der Waals surface area contributed by atoms with Gasteiger partial charge in [0.05, 0.1) is 11.6 Å². The molecule has 168 valence electrons. The largest absolute Gasteiger partial charge is 0.484 e. The van der Waals surface area contributed by atoms with Crippen LogP contribution in [0.2, 0.25) is 10.0 Å². The molecule has 0 aliphatic heterocycles. The molecule has 0 aliphatic carbocycles. The van der Waals surface area contributed by atoms with Gasteiger partial charge in [-0.05, 0) is 61.1 Å². The third kappa shape index (κ3) is 7.12. The highest BCUT2D eigenvalue weighted by atomic mass is 35.5. The summed E-state index contributed by atoms with van der Waals surface area (Å²) in [6.07, 6.45) is 0.0294. The predicted molar refractivity (Wildman–Crippen MR) is 122 cm³/mol. The summed E-state index contributed by atoms with van der Waals surface area (Å²) >= 11 is 12.3. The SMILES string of the molecule is CN(CCC(Oc1ccc(Oc2ccc(Cl)cc2)cc1Cl)c1ccc(F)cc1)CC(=O)O. The number of rotatable bonds is 10. The summed E-state index contributed by atoms with van der Waals surface area (Å²) in [7, 11) is 1.71. The molecule has 0 saturated heterocycles. The smallest absolute Gasteiger partial charge is 0.317 e. The molecule has 5 nitrogen and oxygen atoms in total. The number of carboxylic acid groups (broad SMARTS) is 1. The van der Waals surface area contributed by atoms with Crippen LogP contribution in [0.3, 0.4) is 0 Å². The molecule has 0 aliphatic rings. The van der Waals surface area contributed by atoms with Crippen molar-refractivity contribution in [3.05, 3.63) is 88.2 Å². The fourth-order valence-corrected chi connectivity index (χ4v) is 3.39. The summed E-state index contributed by atoms with van der Waals surface area (Å²) < 4.78 is 25.3. The number of carboxylic acids is 1. The minimum atomic E-state index is -0.911. The van der Waals surface area contributed by atoms with Crippen molar-refractivity contribution in [2.45, 2.75) is 12.5 Å². The normalized spacial score (nSPS) is 11.9. The van der Waals surface area contributed by atoms with Crippen LogP contribution in [0.5, 0.6) is 17.2 Å². The summed E-state index contributed by atoms with van der Waals surface area (Å²) in [5.74, 6) is 0.322. The van der Waals surface area contributed by atoms with Gasteiger partial charge in [-0.1, -0.05) is 35.3 Å². The molecular weight excluding hydrogens is 456 g/mol. The zero-order chi connectivity index (χ0) is 23.1. The van der Waals surface area contributed by atoms with E-state index in [0.29, 0.717) is 40.3 Å². The first-order chi connectivity index (χ1) is 15.3. The van der Waals surface area contributed by atoms with Crippen LogP contribution >= 0.6 is 23.2 Å². The van der Waals surface area contributed by atoms with E-state index in [-0.39, 0.29) is 12.4 Å². The first-order valence-corrected chi connectivity index (χ1v) is 10.6. The molecule has 3 aromatic carbocycles. The lowest BCUT2D eigenvalue weighted by atomic mass is 10.1. The van der Waals surface area contributed by atoms with Crippen molar-refractivity contribution in [2.75, 3.05) is 20.1 Å². The van der Waals surface area contributed by atoms with Crippen LogP contribution < -0.4 is 9.47 Å². The maximum Gasteiger partial charge on any atom is 0.317 e. The standard InChI is InChI=1S/C24H22Cl2FNO4/c1-28(15-24(29)30)13-12-22(16-2-6-18(27)7-3-16)32-23-11-10-20(14-21(23)26)31-19-8-4-17(25)5-9-19/h2-11,14,22H,12-13,15H2,1H3,(H,29,30). The molecule has 3 aromatic rings. The molecular formula is C24H22Cl2FNO4. The molecule has 32 heavy (non-hydrogen) atoms. The topological polar surface area (TPSA) is 59.0 Å².